The van der Waals surface area contributed by atoms with Gasteiger partial charge in [-0.05, 0) is 25.5 Å². The van der Waals surface area contributed by atoms with Crippen LogP contribution in [0.5, 0.6) is 0 Å². The molecule has 0 amide bonds. The Hall–Kier alpha value is -0.720. The SMILES string of the molecule is CCCCCCCCc1ccc(C)o1. The number of unbranched alkanes of at least 4 members (excludes halogenated alkanes) is 5. The van der Waals surface area contributed by atoms with Gasteiger partial charge in [-0.15, -0.1) is 0 Å². The van der Waals surface area contributed by atoms with Crippen molar-refractivity contribution in [3.05, 3.63) is 23.7 Å². The maximum Gasteiger partial charge on any atom is 0.104 e. The van der Waals surface area contributed by atoms with Gasteiger partial charge in [0.15, 0.2) is 0 Å². The van der Waals surface area contributed by atoms with E-state index in [4.69, 9.17) is 4.42 Å². The van der Waals surface area contributed by atoms with E-state index < -0.39 is 0 Å². The average molecular weight is 194 g/mol. The van der Waals surface area contributed by atoms with E-state index in [1.165, 1.54) is 38.5 Å². The lowest BCUT2D eigenvalue weighted by Crippen LogP contribution is -1.83. The van der Waals surface area contributed by atoms with Crippen LogP contribution >= 0.6 is 0 Å². The second-order valence-corrected chi connectivity index (χ2v) is 4.03. The fourth-order valence-electron chi connectivity index (χ4n) is 1.70. The van der Waals surface area contributed by atoms with Gasteiger partial charge in [0.25, 0.3) is 0 Å². The number of aryl methyl sites for hydroxylation is 2. The van der Waals surface area contributed by atoms with Crippen LogP contribution in [0, 0.1) is 6.92 Å². The molecule has 0 aliphatic heterocycles. The molecule has 0 unspecified atom stereocenters. The van der Waals surface area contributed by atoms with Crippen molar-refractivity contribution in [2.45, 2.75) is 58.8 Å². The molecule has 0 spiro atoms. The van der Waals surface area contributed by atoms with Gasteiger partial charge in [-0.1, -0.05) is 39.0 Å². The zero-order chi connectivity index (χ0) is 10.2. The molecular formula is C13H22O. The first kappa shape index (κ1) is 11.4. The van der Waals surface area contributed by atoms with Crippen LogP contribution in [-0.2, 0) is 6.42 Å². The van der Waals surface area contributed by atoms with Crippen molar-refractivity contribution < 1.29 is 4.42 Å². The summed E-state index contributed by atoms with van der Waals surface area (Å²) >= 11 is 0. The molecule has 1 rings (SSSR count). The summed E-state index contributed by atoms with van der Waals surface area (Å²) in [4.78, 5) is 0. The van der Waals surface area contributed by atoms with Crippen molar-refractivity contribution in [1.29, 1.82) is 0 Å². The molecule has 1 aromatic heterocycles. The fraction of sp³-hybridized carbons (Fsp3) is 0.692. The van der Waals surface area contributed by atoms with Gasteiger partial charge in [0, 0.05) is 6.42 Å². The van der Waals surface area contributed by atoms with E-state index >= 15 is 0 Å². The molecule has 0 aliphatic carbocycles. The van der Waals surface area contributed by atoms with E-state index in [9.17, 15) is 0 Å². The standard InChI is InChI=1S/C13H22O/c1-3-4-5-6-7-8-9-13-11-10-12(2)14-13/h10-11H,3-9H2,1-2H3. The second-order valence-electron chi connectivity index (χ2n) is 4.03. The first-order valence-corrected chi connectivity index (χ1v) is 5.88. The molecule has 1 nitrogen and oxygen atoms in total. The van der Waals surface area contributed by atoms with Crippen molar-refractivity contribution >= 4 is 0 Å². The minimum absolute atomic E-state index is 1.03. The summed E-state index contributed by atoms with van der Waals surface area (Å²) in [6.07, 6.45) is 9.23. The van der Waals surface area contributed by atoms with Gasteiger partial charge < -0.3 is 4.42 Å². The molecule has 0 aliphatic rings. The summed E-state index contributed by atoms with van der Waals surface area (Å²) in [7, 11) is 0. The van der Waals surface area contributed by atoms with Crippen molar-refractivity contribution in [3.63, 3.8) is 0 Å². The van der Waals surface area contributed by atoms with Crippen molar-refractivity contribution in [1.82, 2.24) is 0 Å². The molecular weight excluding hydrogens is 172 g/mol. The van der Waals surface area contributed by atoms with Crippen LogP contribution in [0.3, 0.4) is 0 Å². The largest absolute Gasteiger partial charge is 0.466 e. The third-order valence-corrected chi connectivity index (χ3v) is 2.57. The Bertz CT molecular complexity index is 237. The summed E-state index contributed by atoms with van der Waals surface area (Å²) in [5, 5.41) is 0. The van der Waals surface area contributed by atoms with Gasteiger partial charge >= 0.3 is 0 Å². The second kappa shape index (κ2) is 6.69. The lowest BCUT2D eigenvalue weighted by molar-refractivity contribution is 0.470. The van der Waals surface area contributed by atoms with Gasteiger partial charge in [0.1, 0.15) is 11.5 Å². The normalized spacial score (nSPS) is 10.7. The molecule has 0 aromatic carbocycles. The van der Waals surface area contributed by atoms with Crippen LogP contribution in [0.15, 0.2) is 16.5 Å². The Morgan fingerprint density at radius 3 is 2.36 bits per heavy atom. The first-order valence-electron chi connectivity index (χ1n) is 5.88. The molecule has 0 fully saturated rings. The third-order valence-electron chi connectivity index (χ3n) is 2.57. The molecule has 80 valence electrons. The maximum absolute atomic E-state index is 5.51. The van der Waals surface area contributed by atoms with Crippen molar-refractivity contribution in [2.24, 2.45) is 0 Å². The zero-order valence-corrected chi connectivity index (χ0v) is 9.51. The topological polar surface area (TPSA) is 13.1 Å². The van der Waals surface area contributed by atoms with Gasteiger partial charge in [-0.3, -0.25) is 0 Å². The Balaban J connectivity index is 1.99. The summed E-state index contributed by atoms with van der Waals surface area (Å²) in [6, 6.07) is 4.15. The highest BCUT2D eigenvalue weighted by Crippen LogP contribution is 2.12. The fourth-order valence-corrected chi connectivity index (χ4v) is 1.70. The molecule has 0 saturated carbocycles. The molecule has 0 radical (unpaired) electrons. The van der Waals surface area contributed by atoms with Gasteiger partial charge in [0.05, 0.1) is 0 Å². The Morgan fingerprint density at radius 2 is 1.71 bits per heavy atom. The zero-order valence-electron chi connectivity index (χ0n) is 9.51. The highest BCUT2D eigenvalue weighted by molar-refractivity contribution is 5.05. The number of hydrogen-bond acceptors (Lipinski definition) is 1. The van der Waals surface area contributed by atoms with Crippen LogP contribution in [0.4, 0.5) is 0 Å². The lowest BCUT2D eigenvalue weighted by Gasteiger charge is -1.98. The van der Waals surface area contributed by atoms with Crippen LogP contribution < -0.4 is 0 Å². The summed E-state index contributed by atoms with van der Waals surface area (Å²) in [6.45, 7) is 4.26. The Labute approximate surface area is 87.5 Å². The molecule has 1 aromatic rings. The van der Waals surface area contributed by atoms with E-state index in [-0.39, 0.29) is 0 Å². The predicted molar refractivity (Wildman–Crippen MR) is 60.5 cm³/mol. The van der Waals surface area contributed by atoms with Crippen LogP contribution in [0.25, 0.3) is 0 Å². The molecule has 1 heterocycles. The summed E-state index contributed by atoms with van der Waals surface area (Å²) in [5.74, 6) is 2.18. The minimum Gasteiger partial charge on any atom is -0.466 e. The highest BCUT2D eigenvalue weighted by atomic mass is 16.3. The quantitative estimate of drug-likeness (QED) is 0.583. The van der Waals surface area contributed by atoms with Crippen LogP contribution in [0.1, 0.15) is 57.0 Å². The first-order chi connectivity index (χ1) is 6.83. The van der Waals surface area contributed by atoms with E-state index in [1.54, 1.807) is 0 Å². The summed E-state index contributed by atoms with van der Waals surface area (Å²) < 4.78 is 5.51. The van der Waals surface area contributed by atoms with Crippen molar-refractivity contribution in [2.75, 3.05) is 0 Å². The number of hydrogen-bond donors (Lipinski definition) is 0. The monoisotopic (exact) mass is 194 g/mol. The molecule has 0 bridgehead atoms. The smallest absolute Gasteiger partial charge is 0.104 e. The van der Waals surface area contributed by atoms with Crippen LogP contribution in [0.2, 0.25) is 0 Å². The van der Waals surface area contributed by atoms with E-state index in [0.29, 0.717) is 0 Å². The van der Waals surface area contributed by atoms with Gasteiger partial charge in [-0.25, -0.2) is 0 Å². The summed E-state index contributed by atoms with van der Waals surface area (Å²) in [5.41, 5.74) is 0. The van der Waals surface area contributed by atoms with E-state index in [0.717, 1.165) is 17.9 Å². The predicted octanol–water partition coefficient (Wildman–Crippen LogP) is 4.49. The molecule has 0 atom stereocenters. The Kier molecular flexibility index (Phi) is 5.43. The Morgan fingerprint density at radius 1 is 1.00 bits per heavy atom. The van der Waals surface area contributed by atoms with Crippen LogP contribution in [-0.4, -0.2) is 0 Å². The highest BCUT2D eigenvalue weighted by Gasteiger charge is 1.97. The third kappa shape index (κ3) is 4.50. The van der Waals surface area contributed by atoms with E-state index in [1.807, 2.05) is 13.0 Å². The molecule has 14 heavy (non-hydrogen) atoms. The average Bonchev–Trinajstić information content (AvgIpc) is 2.58. The lowest BCUT2D eigenvalue weighted by atomic mass is 10.1. The van der Waals surface area contributed by atoms with E-state index in [2.05, 4.69) is 13.0 Å². The molecule has 1 heteroatoms. The van der Waals surface area contributed by atoms with Gasteiger partial charge in [0.2, 0.25) is 0 Å². The molecule has 0 N–H and O–H groups in total. The maximum atomic E-state index is 5.51. The molecule has 0 saturated heterocycles. The van der Waals surface area contributed by atoms with Gasteiger partial charge in [-0.2, -0.15) is 0 Å². The number of furan rings is 1. The van der Waals surface area contributed by atoms with Crippen molar-refractivity contribution in [3.8, 4) is 0 Å². The number of rotatable bonds is 7. The minimum atomic E-state index is 1.03.